The van der Waals surface area contributed by atoms with E-state index in [0.29, 0.717) is 16.0 Å². The van der Waals surface area contributed by atoms with Gasteiger partial charge in [-0.2, -0.15) is 0 Å². The van der Waals surface area contributed by atoms with E-state index in [-0.39, 0.29) is 5.76 Å². The Balaban J connectivity index is 2.08. The summed E-state index contributed by atoms with van der Waals surface area (Å²) in [5.41, 5.74) is 0.0375. The van der Waals surface area contributed by atoms with Crippen LogP contribution in [0.15, 0.2) is 40.8 Å². The molecule has 0 aliphatic carbocycles. The molecule has 3 rings (SSSR count). The summed E-state index contributed by atoms with van der Waals surface area (Å²) in [7, 11) is 0. The number of aliphatic hydroxyl groups is 1. The molecule has 1 unspecified atom stereocenters. The van der Waals surface area contributed by atoms with Gasteiger partial charge in [0, 0.05) is 16.0 Å². The predicted octanol–water partition coefficient (Wildman–Crippen LogP) is 4.59. The zero-order chi connectivity index (χ0) is 15.1. The average molecular weight is 313 g/mol. The second-order valence-corrected chi connectivity index (χ2v) is 4.93. The minimum atomic E-state index is -1.63. The second-order valence-electron chi connectivity index (χ2n) is 4.50. The van der Waals surface area contributed by atoms with Crippen LogP contribution >= 0.6 is 11.6 Å². The van der Waals surface area contributed by atoms with Crippen LogP contribution in [0.5, 0.6) is 0 Å². The molecule has 0 amide bonds. The first kappa shape index (κ1) is 14.0. The molecule has 0 radical (unpaired) electrons. The fourth-order valence-corrected chi connectivity index (χ4v) is 2.26. The van der Waals surface area contributed by atoms with Crippen molar-refractivity contribution in [3.8, 4) is 0 Å². The van der Waals surface area contributed by atoms with Crippen molar-refractivity contribution in [3.05, 3.63) is 70.2 Å². The van der Waals surface area contributed by atoms with Gasteiger partial charge in [-0.3, -0.25) is 0 Å². The van der Waals surface area contributed by atoms with E-state index in [1.165, 1.54) is 6.07 Å². The van der Waals surface area contributed by atoms with E-state index < -0.39 is 29.1 Å². The fourth-order valence-electron chi connectivity index (χ4n) is 2.07. The van der Waals surface area contributed by atoms with Crippen molar-refractivity contribution in [3.63, 3.8) is 0 Å². The van der Waals surface area contributed by atoms with Gasteiger partial charge in [-0.15, -0.1) is 0 Å². The smallest absolute Gasteiger partial charge is 0.194 e. The first-order valence-corrected chi connectivity index (χ1v) is 6.35. The molecule has 0 bridgehead atoms. The molecule has 1 heterocycles. The van der Waals surface area contributed by atoms with Crippen LogP contribution in [0.4, 0.5) is 13.2 Å². The Morgan fingerprint density at radius 2 is 1.76 bits per heavy atom. The number of fused-ring (bicyclic) bond motifs is 1. The molecule has 6 heteroatoms. The van der Waals surface area contributed by atoms with Crippen LogP contribution in [-0.4, -0.2) is 5.11 Å². The van der Waals surface area contributed by atoms with E-state index in [9.17, 15) is 18.3 Å². The predicted molar refractivity (Wildman–Crippen MR) is 71.6 cm³/mol. The topological polar surface area (TPSA) is 33.4 Å². The number of furan rings is 1. The lowest BCUT2D eigenvalue weighted by molar-refractivity contribution is 0.185. The minimum Gasteiger partial charge on any atom is -0.458 e. The van der Waals surface area contributed by atoms with Gasteiger partial charge in [-0.05, 0) is 36.4 Å². The van der Waals surface area contributed by atoms with E-state index in [1.54, 1.807) is 18.2 Å². The van der Waals surface area contributed by atoms with Crippen LogP contribution in [0, 0.1) is 17.5 Å². The summed E-state index contributed by atoms with van der Waals surface area (Å²) in [6.07, 6.45) is -1.55. The van der Waals surface area contributed by atoms with Crippen LogP contribution in [-0.2, 0) is 0 Å². The molecule has 1 aromatic heterocycles. The summed E-state index contributed by atoms with van der Waals surface area (Å²) in [6.45, 7) is 0. The Hall–Kier alpha value is -1.98. The van der Waals surface area contributed by atoms with Crippen molar-refractivity contribution in [1.29, 1.82) is 0 Å². The molecular weight excluding hydrogens is 305 g/mol. The Labute approximate surface area is 122 Å². The molecule has 21 heavy (non-hydrogen) atoms. The fraction of sp³-hybridized carbons (Fsp3) is 0.0667. The molecule has 1 atom stereocenters. The third-order valence-corrected chi connectivity index (χ3v) is 3.36. The number of hydrogen-bond acceptors (Lipinski definition) is 2. The maximum absolute atomic E-state index is 13.7. The quantitative estimate of drug-likeness (QED) is 0.702. The monoisotopic (exact) mass is 312 g/mol. The highest BCUT2D eigenvalue weighted by molar-refractivity contribution is 6.31. The Morgan fingerprint density at radius 3 is 2.52 bits per heavy atom. The second kappa shape index (κ2) is 5.09. The molecule has 0 saturated heterocycles. The van der Waals surface area contributed by atoms with Gasteiger partial charge >= 0.3 is 0 Å². The van der Waals surface area contributed by atoms with Crippen molar-refractivity contribution in [1.82, 2.24) is 0 Å². The molecule has 3 aromatic rings. The third-order valence-electron chi connectivity index (χ3n) is 3.13. The van der Waals surface area contributed by atoms with Crippen LogP contribution in [0.1, 0.15) is 17.4 Å². The Bertz CT molecular complexity index is 829. The SMILES string of the molecule is OC(c1cc2cc(Cl)ccc2o1)c1ccc(F)c(F)c1F. The van der Waals surface area contributed by atoms with E-state index in [0.717, 1.165) is 12.1 Å². The molecule has 0 aliphatic heterocycles. The summed E-state index contributed by atoms with van der Waals surface area (Å²) in [5, 5.41) is 11.2. The Morgan fingerprint density at radius 1 is 1.00 bits per heavy atom. The van der Waals surface area contributed by atoms with Gasteiger partial charge in [0.2, 0.25) is 0 Å². The van der Waals surface area contributed by atoms with Crippen LogP contribution < -0.4 is 0 Å². The summed E-state index contributed by atoms with van der Waals surface area (Å²) in [5.74, 6) is -4.39. The maximum atomic E-state index is 13.7. The largest absolute Gasteiger partial charge is 0.458 e. The lowest BCUT2D eigenvalue weighted by atomic mass is 10.1. The van der Waals surface area contributed by atoms with Gasteiger partial charge in [0.1, 0.15) is 17.4 Å². The summed E-state index contributed by atoms with van der Waals surface area (Å²) >= 11 is 5.83. The summed E-state index contributed by atoms with van der Waals surface area (Å²) in [4.78, 5) is 0. The first-order chi connectivity index (χ1) is 9.97. The lowest BCUT2D eigenvalue weighted by Gasteiger charge is -2.09. The van der Waals surface area contributed by atoms with Gasteiger partial charge in [0.05, 0.1) is 0 Å². The van der Waals surface area contributed by atoms with Gasteiger partial charge in [0.15, 0.2) is 17.5 Å². The van der Waals surface area contributed by atoms with Gasteiger partial charge in [-0.25, -0.2) is 13.2 Å². The van der Waals surface area contributed by atoms with Gasteiger partial charge in [0.25, 0.3) is 0 Å². The van der Waals surface area contributed by atoms with Crippen molar-refractivity contribution < 1.29 is 22.7 Å². The molecule has 0 saturated carbocycles. The van der Waals surface area contributed by atoms with Crippen LogP contribution in [0.3, 0.4) is 0 Å². The van der Waals surface area contributed by atoms with E-state index in [2.05, 4.69) is 0 Å². The highest BCUT2D eigenvalue weighted by Gasteiger charge is 2.23. The standard InChI is InChI=1S/C15H8ClF3O2/c16-8-1-4-11-7(5-8)6-12(21-11)15(20)9-2-3-10(17)14(19)13(9)18/h1-6,15,20H. The lowest BCUT2D eigenvalue weighted by Crippen LogP contribution is -2.04. The highest BCUT2D eigenvalue weighted by Crippen LogP contribution is 2.31. The molecule has 1 N–H and O–H groups in total. The van der Waals surface area contributed by atoms with Crippen molar-refractivity contribution in [2.75, 3.05) is 0 Å². The van der Waals surface area contributed by atoms with E-state index >= 15 is 0 Å². The molecular formula is C15H8ClF3O2. The van der Waals surface area contributed by atoms with Crippen molar-refractivity contribution >= 4 is 22.6 Å². The van der Waals surface area contributed by atoms with Gasteiger partial charge in [-0.1, -0.05) is 11.6 Å². The zero-order valence-corrected chi connectivity index (χ0v) is 11.2. The zero-order valence-electron chi connectivity index (χ0n) is 10.4. The number of halogens is 4. The molecule has 108 valence electrons. The third kappa shape index (κ3) is 2.39. The molecule has 2 nitrogen and oxygen atoms in total. The van der Waals surface area contributed by atoms with Crippen LogP contribution in [0.2, 0.25) is 5.02 Å². The maximum Gasteiger partial charge on any atom is 0.194 e. The normalized spacial score (nSPS) is 12.8. The molecule has 0 fully saturated rings. The molecule has 0 aliphatic rings. The minimum absolute atomic E-state index is 0.0113. The van der Waals surface area contributed by atoms with Crippen molar-refractivity contribution in [2.24, 2.45) is 0 Å². The molecule has 2 aromatic carbocycles. The van der Waals surface area contributed by atoms with Crippen molar-refractivity contribution in [2.45, 2.75) is 6.10 Å². The van der Waals surface area contributed by atoms with E-state index in [1.807, 2.05) is 0 Å². The Kier molecular flexibility index (Phi) is 3.39. The highest BCUT2D eigenvalue weighted by atomic mass is 35.5. The number of aliphatic hydroxyl groups excluding tert-OH is 1. The number of rotatable bonds is 2. The van der Waals surface area contributed by atoms with Crippen LogP contribution in [0.25, 0.3) is 11.0 Å². The first-order valence-electron chi connectivity index (χ1n) is 5.98. The summed E-state index contributed by atoms with van der Waals surface area (Å²) < 4.78 is 45.2. The summed E-state index contributed by atoms with van der Waals surface area (Å²) in [6, 6.07) is 7.98. The van der Waals surface area contributed by atoms with Gasteiger partial charge < -0.3 is 9.52 Å². The van der Waals surface area contributed by atoms with E-state index in [4.69, 9.17) is 16.0 Å². The average Bonchev–Trinajstić information content (AvgIpc) is 2.87. The number of hydrogen-bond donors (Lipinski definition) is 1. The number of benzene rings is 2. The molecule has 0 spiro atoms.